The molecule has 6 heteroatoms. The van der Waals surface area contributed by atoms with E-state index in [1.54, 1.807) is 17.4 Å². The molecule has 2 aromatic rings. The summed E-state index contributed by atoms with van der Waals surface area (Å²) in [6.45, 7) is 3.36. The minimum absolute atomic E-state index is 0.0800. The Morgan fingerprint density at radius 3 is 2.87 bits per heavy atom. The van der Waals surface area contributed by atoms with Crippen LogP contribution in [0.25, 0.3) is 11.6 Å². The Hall–Kier alpha value is -1.82. The molecule has 1 aromatic carbocycles. The largest absolute Gasteiger partial charge is 0.378 e. The Balaban J connectivity index is 1.65. The number of hydrogen-bond donors (Lipinski definition) is 1. The van der Waals surface area contributed by atoms with Crippen LogP contribution >= 0.6 is 22.9 Å². The van der Waals surface area contributed by atoms with Crippen molar-refractivity contribution in [2.45, 2.75) is 0 Å². The molecule has 118 valence electrons. The van der Waals surface area contributed by atoms with Gasteiger partial charge in [0, 0.05) is 34.2 Å². The van der Waals surface area contributed by atoms with Crippen LogP contribution in [0.4, 0.5) is 10.7 Å². The molecule has 1 saturated heterocycles. The van der Waals surface area contributed by atoms with Crippen LogP contribution in [0.3, 0.4) is 0 Å². The highest BCUT2D eigenvalue weighted by Crippen LogP contribution is 2.36. The van der Waals surface area contributed by atoms with Gasteiger partial charge in [0.05, 0.1) is 23.8 Å². The maximum absolute atomic E-state index is 12.2. The average Bonchev–Trinajstić information content (AvgIpc) is 3.15. The molecule has 0 unspecified atom stereocenters. The number of fused-ring (bicyclic) bond motifs is 1. The molecule has 2 aliphatic heterocycles. The predicted octanol–water partition coefficient (Wildman–Crippen LogP) is 3.73. The number of thiophene rings is 1. The van der Waals surface area contributed by atoms with Gasteiger partial charge in [0.25, 0.3) is 5.91 Å². The van der Waals surface area contributed by atoms with Crippen LogP contribution in [0.5, 0.6) is 0 Å². The summed E-state index contributed by atoms with van der Waals surface area (Å²) in [5.74, 6) is -0.0800. The molecule has 1 amide bonds. The standard InChI is InChI=1S/C17H15ClN2O2S/c18-11-1-3-15-13(9-11)14(17(21)19-15)10-12-2-4-16(23-12)20-5-7-22-8-6-20/h1-4,9-10H,5-8H2,(H,19,21). The minimum Gasteiger partial charge on any atom is -0.378 e. The number of carbonyl (C=O) groups excluding carboxylic acids is 1. The second-order valence-corrected chi connectivity index (χ2v) is 7.01. The number of nitrogens with zero attached hydrogens (tertiary/aromatic N) is 1. The van der Waals surface area contributed by atoms with Crippen LogP contribution in [0.2, 0.25) is 5.02 Å². The van der Waals surface area contributed by atoms with Crippen molar-refractivity contribution in [3.63, 3.8) is 0 Å². The Morgan fingerprint density at radius 1 is 1.22 bits per heavy atom. The predicted molar refractivity (Wildman–Crippen MR) is 95.3 cm³/mol. The lowest BCUT2D eigenvalue weighted by Gasteiger charge is -2.27. The summed E-state index contributed by atoms with van der Waals surface area (Å²) in [6.07, 6.45) is 1.94. The number of hydrogen-bond acceptors (Lipinski definition) is 4. The Labute approximate surface area is 143 Å². The molecule has 0 aliphatic carbocycles. The molecule has 2 aliphatic rings. The first-order valence-electron chi connectivity index (χ1n) is 7.46. The first-order valence-corrected chi connectivity index (χ1v) is 8.66. The maximum Gasteiger partial charge on any atom is 0.256 e. The van der Waals surface area contributed by atoms with E-state index in [1.165, 1.54) is 5.00 Å². The van der Waals surface area contributed by atoms with Gasteiger partial charge in [0.2, 0.25) is 0 Å². The van der Waals surface area contributed by atoms with Crippen LogP contribution in [0, 0.1) is 0 Å². The van der Waals surface area contributed by atoms with E-state index < -0.39 is 0 Å². The molecule has 4 nitrogen and oxygen atoms in total. The van der Waals surface area contributed by atoms with E-state index >= 15 is 0 Å². The molecule has 0 atom stereocenters. The summed E-state index contributed by atoms with van der Waals surface area (Å²) in [5, 5.41) is 4.72. The van der Waals surface area contributed by atoms with E-state index in [0.29, 0.717) is 10.6 Å². The van der Waals surface area contributed by atoms with Crippen LogP contribution in [0.1, 0.15) is 10.4 Å². The van der Waals surface area contributed by atoms with E-state index in [4.69, 9.17) is 16.3 Å². The summed E-state index contributed by atoms with van der Waals surface area (Å²) in [5.41, 5.74) is 2.34. The van der Waals surface area contributed by atoms with E-state index in [1.807, 2.05) is 18.2 Å². The van der Waals surface area contributed by atoms with Crippen LogP contribution < -0.4 is 10.2 Å². The number of carbonyl (C=O) groups is 1. The smallest absolute Gasteiger partial charge is 0.256 e. The van der Waals surface area contributed by atoms with Gasteiger partial charge in [0.15, 0.2) is 0 Å². The summed E-state index contributed by atoms with van der Waals surface area (Å²) in [4.78, 5) is 15.6. The van der Waals surface area contributed by atoms with Crippen molar-refractivity contribution in [1.82, 2.24) is 0 Å². The fourth-order valence-corrected chi connectivity index (χ4v) is 3.99. The number of anilines is 2. The topological polar surface area (TPSA) is 41.6 Å². The van der Waals surface area contributed by atoms with Gasteiger partial charge in [-0.3, -0.25) is 4.79 Å². The van der Waals surface area contributed by atoms with Crippen LogP contribution in [0.15, 0.2) is 30.3 Å². The summed E-state index contributed by atoms with van der Waals surface area (Å²) >= 11 is 7.75. The molecule has 0 bridgehead atoms. The van der Waals surface area contributed by atoms with Crippen molar-refractivity contribution in [3.05, 3.63) is 45.8 Å². The van der Waals surface area contributed by atoms with Gasteiger partial charge in [-0.2, -0.15) is 0 Å². The zero-order valence-corrected chi connectivity index (χ0v) is 13.9. The van der Waals surface area contributed by atoms with E-state index in [-0.39, 0.29) is 5.91 Å². The van der Waals surface area contributed by atoms with Gasteiger partial charge < -0.3 is 15.0 Å². The number of ether oxygens (including phenoxy) is 1. The van der Waals surface area contributed by atoms with Crippen molar-refractivity contribution >= 4 is 51.2 Å². The van der Waals surface area contributed by atoms with Crippen LogP contribution in [-0.4, -0.2) is 32.2 Å². The highest BCUT2D eigenvalue weighted by Gasteiger charge is 2.24. The quantitative estimate of drug-likeness (QED) is 0.842. The Bertz CT molecular complexity index is 794. The Kier molecular flexibility index (Phi) is 3.85. The number of benzene rings is 1. The summed E-state index contributed by atoms with van der Waals surface area (Å²) in [7, 11) is 0. The van der Waals surface area contributed by atoms with Gasteiger partial charge in [-0.15, -0.1) is 11.3 Å². The zero-order chi connectivity index (χ0) is 15.8. The molecule has 1 N–H and O–H groups in total. The first-order chi connectivity index (χ1) is 11.2. The van der Waals surface area contributed by atoms with E-state index in [0.717, 1.165) is 42.4 Å². The monoisotopic (exact) mass is 346 g/mol. The fourth-order valence-electron chi connectivity index (χ4n) is 2.82. The highest BCUT2D eigenvalue weighted by molar-refractivity contribution is 7.17. The number of nitrogens with one attached hydrogen (secondary N) is 1. The molecule has 3 heterocycles. The molecule has 0 spiro atoms. The molecule has 0 saturated carbocycles. The van der Waals surface area contributed by atoms with Gasteiger partial charge in [-0.25, -0.2) is 0 Å². The normalized spacial score (nSPS) is 19.1. The molecule has 1 fully saturated rings. The van der Waals surface area contributed by atoms with Crippen molar-refractivity contribution in [1.29, 1.82) is 0 Å². The second kappa shape index (κ2) is 6.00. The van der Waals surface area contributed by atoms with Gasteiger partial charge in [0.1, 0.15) is 0 Å². The van der Waals surface area contributed by atoms with Crippen molar-refractivity contribution < 1.29 is 9.53 Å². The number of halogens is 1. The number of amides is 1. The van der Waals surface area contributed by atoms with E-state index in [9.17, 15) is 4.79 Å². The maximum atomic E-state index is 12.2. The lowest BCUT2D eigenvalue weighted by Crippen LogP contribution is -2.35. The third-order valence-corrected chi connectivity index (χ3v) is 5.31. The molecule has 23 heavy (non-hydrogen) atoms. The average molecular weight is 347 g/mol. The first kappa shape index (κ1) is 14.8. The van der Waals surface area contributed by atoms with Gasteiger partial charge in [-0.05, 0) is 36.4 Å². The third-order valence-electron chi connectivity index (χ3n) is 3.99. The number of rotatable bonds is 2. The summed E-state index contributed by atoms with van der Waals surface area (Å²) < 4.78 is 5.39. The Morgan fingerprint density at radius 2 is 2.04 bits per heavy atom. The lowest BCUT2D eigenvalue weighted by molar-refractivity contribution is -0.110. The SMILES string of the molecule is O=C1Nc2ccc(Cl)cc2C1=Cc1ccc(N2CCOCC2)s1. The summed E-state index contributed by atoms with van der Waals surface area (Å²) in [6, 6.07) is 9.61. The van der Waals surface area contributed by atoms with Gasteiger partial charge >= 0.3 is 0 Å². The fraction of sp³-hybridized carbons (Fsp3) is 0.235. The lowest BCUT2D eigenvalue weighted by atomic mass is 10.1. The molecule has 4 rings (SSSR count). The van der Waals surface area contributed by atoms with Gasteiger partial charge in [-0.1, -0.05) is 11.6 Å². The van der Waals surface area contributed by atoms with Crippen molar-refractivity contribution in [3.8, 4) is 0 Å². The van der Waals surface area contributed by atoms with Crippen LogP contribution in [-0.2, 0) is 9.53 Å². The second-order valence-electron chi connectivity index (χ2n) is 5.48. The zero-order valence-electron chi connectivity index (χ0n) is 12.3. The molecule has 0 radical (unpaired) electrons. The van der Waals surface area contributed by atoms with Crippen molar-refractivity contribution in [2.75, 3.05) is 36.5 Å². The third kappa shape index (κ3) is 2.87. The number of morpholine rings is 1. The molecular formula is C17H15ClN2O2S. The molecular weight excluding hydrogens is 332 g/mol. The van der Waals surface area contributed by atoms with E-state index in [2.05, 4.69) is 22.3 Å². The van der Waals surface area contributed by atoms with Crippen molar-refractivity contribution in [2.24, 2.45) is 0 Å². The highest BCUT2D eigenvalue weighted by atomic mass is 35.5. The minimum atomic E-state index is -0.0800. The molecule has 1 aromatic heterocycles.